The van der Waals surface area contributed by atoms with E-state index in [2.05, 4.69) is 10.0 Å². The van der Waals surface area contributed by atoms with Crippen LogP contribution in [0.15, 0.2) is 71.6 Å². The van der Waals surface area contributed by atoms with Gasteiger partial charge < -0.3 is 25.0 Å². The molecule has 1 heterocycles. The van der Waals surface area contributed by atoms with Gasteiger partial charge in [-0.1, -0.05) is 24.6 Å². The zero-order valence-electron chi connectivity index (χ0n) is 24.5. The van der Waals surface area contributed by atoms with Crippen molar-refractivity contribution >= 4 is 44.9 Å². The number of ether oxygens (including phenoxy) is 1. The first kappa shape index (κ1) is 33.9. The summed E-state index contributed by atoms with van der Waals surface area (Å²) in [6, 6.07) is 12.6. The number of aliphatic hydroxyl groups excluding tert-OH is 1. The molecule has 3 aromatic rings. The number of urea groups is 1. The van der Waals surface area contributed by atoms with Gasteiger partial charge in [-0.25, -0.2) is 13.2 Å². The Kier molecular flexibility index (Phi) is 10.2. The van der Waals surface area contributed by atoms with Gasteiger partial charge >= 0.3 is 12.2 Å². The van der Waals surface area contributed by atoms with Gasteiger partial charge in [0.25, 0.3) is 15.9 Å². The van der Waals surface area contributed by atoms with Crippen molar-refractivity contribution in [3.63, 3.8) is 0 Å². The Hall–Kier alpha value is -4.01. The zero-order chi connectivity index (χ0) is 33.1. The first-order chi connectivity index (χ1) is 21.1. The van der Waals surface area contributed by atoms with Crippen molar-refractivity contribution < 1.29 is 41.0 Å². The third-order valence-electron chi connectivity index (χ3n) is 7.32. The van der Waals surface area contributed by atoms with Crippen molar-refractivity contribution in [2.45, 2.75) is 37.1 Å². The highest BCUT2D eigenvalue weighted by Gasteiger charge is 2.36. The second kappa shape index (κ2) is 13.5. The van der Waals surface area contributed by atoms with E-state index in [1.165, 1.54) is 59.3 Å². The van der Waals surface area contributed by atoms with Gasteiger partial charge in [0.1, 0.15) is 6.10 Å². The lowest BCUT2D eigenvalue weighted by molar-refractivity contribution is -0.137. The van der Waals surface area contributed by atoms with E-state index in [4.69, 9.17) is 16.3 Å². The maximum atomic E-state index is 13.7. The van der Waals surface area contributed by atoms with Crippen LogP contribution in [-0.4, -0.2) is 74.2 Å². The summed E-state index contributed by atoms with van der Waals surface area (Å²) in [6.45, 7) is 3.19. The average Bonchev–Trinajstić information content (AvgIpc) is 2.98. The highest BCUT2D eigenvalue weighted by atomic mass is 35.5. The number of hydrogen-bond acceptors (Lipinski definition) is 6. The number of amides is 3. The topological polar surface area (TPSA) is 128 Å². The maximum absolute atomic E-state index is 13.7. The number of likely N-dealkylation sites (N-methyl/N-ethyl adjacent to an activating group) is 1. The molecule has 0 radical (unpaired) electrons. The Bertz CT molecular complexity index is 1640. The van der Waals surface area contributed by atoms with Crippen LogP contribution in [0, 0.1) is 5.92 Å². The molecule has 3 atom stereocenters. The Labute approximate surface area is 263 Å². The molecule has 0 aromatic heterocycles. The summed E-state index contributed by atoms with van der Waals surface area (Å²) in [7, 11) is -2.69. The number of alkyl halides is 3. The van der Waals surface area contributed by atoms with Crippen molar-refractivity contribution in [2.24, 2.45) is 5.92 Å². The van der Waals surface area contributed by atoms with Crippen LogP contribution in [0.3, 0.4) is 0 Å². The van der Waals surface area contributed by atoms with Gasteiger partial charge in [0, 0.05) is 30.2 Å². The Morgan fingerprint density at radius 3 is 2.38 bits per heavy atom. The molecular weight excluding hydrogens is 637 g/mol. The van der Waals surface area contributed by atoms with Crippen molar-refractivity contribution in [3.8, 4) is 5.75 Å². The van der Waals surface area contributed by atoms with E-state index >= 15 is 0 Å². The van der Waals surface area contributed by atoms with Crippen LogP contribution >= 0.6 is 11.6 Å². The summed E-state index contributed by atoms with van der Waals surface area (Å²) in [5, 5.41) is 12.8. The van der Waals surface area contributed by atoms with Crippen molar-refractivity contribution in [2.75, 3.05) is 36.8 Å². The molecule has 0 saturated carbocycles. The van der Waals surface area contributed by atoms with Gasteiger partial charge in [-0.2, -0.15) is 13.2 Å². The number of nitrogens with zero attached hydrogens (tertiary/aromatic N) is 2. The highest BCUT2D eigenvalue weighted by Crippen LogP contribution is 2.36. The van der Waals surface area contributed by atoms with Crippen LogP contribution in [0.5, 0.6) is 5.75 Å². The zero-order valence-corrected chi connectivity index (χ0v) is 26.1. The SMILES string of the molecule is C[C@H]1CN([C@@H](C)CO)C(=O)c2cccc(NS(=O)(=O)c3ccc(Cl)cc3)c2O[C@@H]1CN(C)C(=O)Nc1ccc(C(F)(F)F)cc1. The fourth-order valence-corrected chi connectivity index (χ4v) is 5.86. The predicted molar refractivity (Wildman–Crippen MR) is 163 cm³/mol. The molecule has 45 heavy (non-hydrogen) atoms. The van der Waals surface area contributed by atoms with E-state index in [1.54, 1.807) is 13.8 Å². The lowest BCUT2D eigenvalue weighted by atomic mass is 9.99. The van der Waals surface area contributed by atoms with E-state index in [1.807, 2.05) is 0 Å². The number of benzene rings is 3. The molecule has 0 unspecified atom stereocenters. The first-order valence-electron chi connectivity index (χ1n) is 13.8. The summed E-state index contributed by atoms with van der Waals surface area (Å²) in [5.74, 6) is -0.987. The Morgan fingerprint density at radius 2 is 1.78 bits per heavy atom. The number of anilines is 2. The highest BCUT2D eigenvalue weighted by molar-refractivity contribution is 7.92. The molecule has 1 aliphatic rings. The normalized spacial score (nSPS) is 17.8. The van der Waals surface area contributed by atoms with Gasteiger partial charge in [-0.15, -0.1) is 0 Å². The monoisotopic (exact) mass is 668 g/mol. The number of aliphatic hydroxyl groups is 1. The number of rotatable bonds is 8. The van der Waals surface area contributed by atoms with Crippen LogP contribution in [0.1, 0.15) is 29.8 Å². The van der Waals surface area contributed by atoms with E-state index in [9.17, 15) is 36.3 Å². The predicted octanol–water partition coefficient (Wildman–Crippen LogP) is 5.54. The first-order valence-corrected chi connectivity index (χ1v) is 15.7. The van der Waals surface area contributed by atoms with Crippen molar-refractivity contribution in [1.82, 2.24) is 9.80 Å². The number of nitrogens with one attached hydrogen (secondary N) is 2. The van der Waals surface area contributed by atoms with Gasteiger partial charge in [0.05, 0.1) is 40.9 Å². The number of fused-ring (bicyclic) bond motifs is 1. The molecule has 4 rings (SSSR count). The quantitative estimate of drug-likeness (QED) is 0.289. The van der Waals surface area contributed by atoms with Crippen LogP contribution in [-0.2, 0) is 16.2 Å². The van der Waals surface area contributed by atoms with E-state index in [-0.39, 0.29) is 47.3 Å². The number of carbonyl (C=O) groups excluding carboxylic acids is 2. The number of carbonyl (C=O) groups is 2. The second-order valence-corrected chi connectivity index (χ2v) is 12.9. The molecule has 0 bridgehead atoms. The molecule has 3 N–H and O–H groups in total. The minimum absolute atomic E-state index is 0.0247. The largest absolute Gasteiger partial charge is 0.485 e. The number of para-hydroxylation sites is 1. The Balaban J connectivity index is 1.64. The molecule has 3 aromatic carbocycles. The number of halogens is 4. The summed E-state index contributed by atoms with van der Waals surface area (Å²) in [5.41, 5.74) is -0.698. The standard InChI is InChI=1S/C30H32ClF3N4O6S/c1-18-15-38(19(2)17-39)28(40)24-5-4-6-25(36-45(42,43)23-13-9-21(31)10-14-23)27(24)44-26(18)16-37(3)29(41)35-22-11-7-20(8-12-22)30(32,33)34/h4-14,18-19,26,36,39H,15-17H2,1-3H3,(H,35,41)/t18-,19-,26+/m0/s1. The summed E-state index contributed by atoms with van der Waals surface area (Å²) >= 11 is 5.91. The summed E-state index contributed by atoms with van der Waals surface area (Å²) < 4.78 is 74.1. The fourth-order valence-electron chi connectivity index (χ4n) is 4.67. The molecule has 0 spiro atoms. The molecule has 3 amide bonds. The maximum Gasteiger partial charge on any atom is 0.416 e. The molecule has 0 saturated heterocycles. The fraction of sp³-hybridized carbons (Fsp3) is 0.333. The van der Waals surface area contributed by atoms with E-state index in [0.29, 0.717) is 5.02 Å². The molecule has 0 fully saturated rings. The minimum Gasteiger partial charge on any atom is -0.485 e. The number of sulfonamides is 1. The van der Waals surface area contributed by atoms with Gasteiger partial charge in [-0.3, -0.25) is 9.52 Å². The van der Waals surface area contributed by atoms with Crippen LogP contribution in [0.4, 0.5) is 29.3 Å². The van der Waals surface area contributed by atoms with Gasteiger partial charge in [0.15, 0.2) is 5.75 Å². The number of hydrogen-bond donors (Lipinski definition) is 3. The van der Waals surface area contributed by atoms with Crippen molar-refractivity contribution in [1.29, 1.82) is 0 Å². The summed E-state index contributed by atoms with van der Waals surface area (Å²) in [4.78, 5) is 29.3. The van der Waals surface area contributed by atoms with Gasteiger partial charge in [-0.05, 0) is 67.6 Å². The molecular formula is C30H32ClF3N4O6S. The minimum atomic E-state index is -4.52. The molecule has 0 aliphatic carbocycles. The van der Waals surface area contributed by atoms with Crippen LogP contribution < -0.4 is 14.8 Å². The molecule has 1 aliphatic heterocycles. The van der Waals surface area contributed by atoms with Crippen LogP contribution in [0.25, 0.3) is 0 Å². The van der Waals surface area contributed by atoms with Crippen LogP contribution in [0.2, 0.25) is 5.02 Å². The van der Waals surface area contributed by atoms with Gasteiger partial charge in [0.2, 0.25) is 0 Å². The second-order valence-electron chi connectivity index (χ2n) is 10.8. The lowest BCUT2D eigenvalue weighted by Crippen LogP contribution is -2.50. The van der Waals surface area contributed by atoms with E-state index in [0.717, 1.165) is 24.3 Å². The summed E-state index contributed by atoms with van der Waals surface area (Å²) in [6.07, 6.45) is -5.32. The molecule has 10 nitrogen and oxygen atoms in total. The lowest BCUT2D eigenvalue weighted by Gasteiger charge is -2.38. The third kappa shape index (κ3) is 7.99. The third-order valence-corrected chi connectivity index (χ3v) is 8.96. The van der Waals surface area contributed by atoms with Crippen molar-refractivity contribution in [3.05, 3.63) is 82.9 Å². The molecule has 15 heteroatoms. The average molecular weight is 669 g/mol. The Morgan fingerprint density at radius 1 is 1.13 bits per heavy atom. The van der Waals surface area contributed by atoms with E-state index < -0.39 is 51.8 Å². The smallest absolute Gasteiger partial charge is 0.416 e. The molecule has 242 valence electrons.